The second-order valence-electron chi connectivity index (χ2n) is 9.54. The molecule has 2 N–H and O–H groups in total. The number of imidazole rings is 1. The monoisotopic (exact) mass is 524 g/mol. The van der Waals surface area contributed by atoms with E-state index in [0.717, 1.165) is 28.4 Å². The summed E-state index contributed by atoms with van der Waals surface area (Å²) in [6.07, 6.45) is 3.72. The number of rotatable bonds is 4. The molecule has 0 unspecified atom stereocenters. The largest absolute Gasteiger partial charge is 0.383 e. The maximum absolute atomic E-state index is 12.2. The van der Waals surface area contributed by atoms with Gasteiger partial charge in [-0.05, 0) is 30.3 Å². The van der Waals surface area contributed by atoms with Crippen molar-refractivity contribution in [1.29, 1.82) is 5.26 Å². The molecule has 2 aliphatic rings. The molecule has 6 heterocycles. The van der Waals surface area contributed by atoms with Crippen LogP contribution in [0.2, 0.25) is 0 Å². The van der Waals surface area contributed by atoms with Crippen molar-refractivity contribution in [3.05, 3.63) is 48.5 Å². The van der Waals surface area contributed by atoms with Gasteiger partial charge in [0.25, 0.3) is 0 Å². The minimum atomic E-state index is 0.140. The van der Waals surface area contributed by atoms with E-state index in [2.05, 4.69) is 29.8 Å². The third-order valence-electron chi connectivity index (χ3n) is 7.20. The van der Waals surface area contributed by atoms with Crippen LogP contribution in [-0.4, -0.2) is 93.3 Å². The first kappa shape index (κ1) is 24.4. The number of carbonyl (C=O) groups is 1. The fraction of sp³-hybridized carbons (Fsp3) is 0.346. The molecule has 39 heavy (non-hydrogen) atoms. The average molecular weight is 525 g/mol. The molecule has 0 spiro atoms. The molecule has 2 saturated heterocycles. The van der Waals surface area contributed by atoms with Crippen LogP contribution in [0.5, 0.6) is 0 Å². The first-order valence-electron chi connectivity index (χ1n) is 12.8. The quantitative estimate of drug-likeness (QED) is 0.405. The van der Waals surface area contributed by atoms with Gasteiger partial charge >= 0.3 is 0 Å². The van der Waals surface area contributed by atoms with E-state index >= 15 is 0 Å². The molecule has 4 aromatic rings. The number of nitrogens with two attached hydrogens (primary N) is 1. The topological polar surface area (TPSA) is 149 Å². The van der Waals surface area contributed by atoms with E-state index in [1.807, 2.05) is 48.1 Å². The molecule has 0 atom stereocenters. The summed E-state index contributed by atoms with van der Waals surface area (Å²) in [5.41, 5.74) is 8.49. The third-order valence-corrected chi connectivity index (χ3v) is 7.20. The number of hydrogen-bond donors (Lipinski definition) is 1. The van der Waals surface area contributed by atoms with Gasteiger partial charge < -0.3 is 25.4 Å². The number of hydrogen-bond acceptors (Lipinski definition) is 11. The fourth-order valence-corrected chi connectivity index (χ4v) is 5.02. The summed E-state index contributed by atoms with van der Waals surface area (Å²) in [5, 5.41) is 11.4. The van der Waals surface area contributed by atoms with Crippen LogP contribution in [0.15, 0.2) is 42.7 Å². The Morgan fingerprint density at radius 2 is 1.64 bits per heavy atom. The van der Waals surface area contributed by atoms with E-state index in [9.17, 15) is 10.1 Å². The minimum Gasteiger partial charge on any atom is -0.383 e. The van der Waals surface area contributed by atoms with Crippen molar-refractivity contribution in [2.45, 2.75) is 6.42 Å². The second-order valence-corrected chi connectivity index (χ2v) is 9.54. The zero-order valence-electron chi connectivity index (χ0n) is 21.6. The lowest BCUT2D eigenvalue weighted by Gasteiger charge is -2.37. The van der Waals surface area contributed by atoms with E-state index in [-0.39, 0.29) is 11.7 Å². The van der Waals surface area contributed by atoms with Crippen molar-refractivity contribution in [3.63, 3.8) is 0 Å². The van der Waals surface area contributed by atoms with Crippen LogP contribution in [0.25, 0.3) is 22.6 Å². The van der Waals surface area contributed by atoms with E-state index < -0.39 is 0 Å². The van der Waals surface area contributed by atoms with Gasteiger partial charge in [-0.3, -0.25) is 4.79 Å². The van der Waals surface area contributed by atoms with E-state index in [0.29, 0.717) is 63.9 Å². The molecule has 0 aliphatic carbocycles. The zero-order valence-corrected chi connectivity index (χ0v) is 21.6. The van der Waals surface area contributed by atoms with Gasteiger partial charge in [0.1, 0.15) is 29.0 Å². The highest BCUT2D eigenvalue weighted by atomic mass is 16.2. The average Bonchev–Trinajstić information content (AvgIpc) is 3.26. The number of aromatic nitrogens is 6. The first-order chi connectivity index (χ1) is 19.0. The Bertz CT molecular complexity index is 1570. The van der Waals surface area contributed by atoms with Gasteiger partial charge in [-0.25, -0.2) is 29.6 Å². The fourth-order valence-electron chi connectivity index (χ4n) is 5.02. The van der Waals surface area contributed by atoms with Gasteiger partial charge in [0, 0.05) is 58.6 Å². The molecule has 0 aromatic carbocycles. The van der Waals surface area contributed by atoms with Crippen molar-refractivity contribution in [2.75, 3.05) is 73.4 Å². The summed E-state index contributed by atoms with van der Waals surface area (Å²) in [6, 6.07) is 11.5. The normalized spacial score (nSPS) is 16.5. The summed E-state index contributed by atoms with van der Waals surface area (Å²) >= 11 is 0. The van der Waals surface area contributed by atoms with Crippen LogP contribution in [0.3, 0.4) is 0 Å². The molecule has 198 valence electrons. The number of nitrogens with zero attached hydrogens (tertiary/aromatic N) is 11. The van der Waals surface area contributed by atoms with Gasteiger partial charge in [0.2, 0.25) is 11.7 Å². The van der Waals surface area contributed by atoms with Crippen molar-refractivity contribution < 1.29 is 4.79 Å². The smallest absolute Gasteiger partial charge is 0.234 e. The summed E-state index contributed by atoms with van der Waals surface area (Å²) in [4.78, 5) is 40.9. The van der Waals surface area contributed by atoms with Crippen LogP contribution in [0, 0.1) is 11.3 Å². The molecule has 0 bridgehead atoms. The van der Waals surface area contributed by atoms with Gasteiger partial charge in [-0.15, -0.1) is 0 Å². The lowest BCUT2D eigenvalue weighted by atomic mass is 10.2. The van der Waals surface area contributed by atoms with Gasteiger partial charge in [-0.1, -0.05) is 0 Å². The highest BCUT2D eigenvalue weighted by molar-refractivity contribution is 5.82. The molecule has 1 amide bonds. The Balaban J connectivity index is 1.37. The lowest BCUT2D eigenvalue weighted by molar-refractivity contribution is -0.129. The molecule has 4 aromatic heterocycles. The maximum Gasteiger partial charge on any atom is 0.234 e. The summed E-state index contributed by atoms with van der Waals surface area (Å²) < 4.78 is 2.04. The Kier molecular flexibility index (Phi) is 6.28. The molecule has 6 rings (SSSR count). The first-order valence-corrected chi connectivity index (χ1v) is 12.8. The predicted octanol–water partition coefficient (Wildman–Crippen LogP) is 0.864. The summed E-state index contributed by atoms with van der Waals surface area (Å²) in [7, 11) is 1.84. The molecule has 2 aliphatic heterocycles. The minimum absolute atomic E-state index is 0.140. The Morgan fingerprint density at radius 3 is 2.44 bits per heavy atom. The summed E-state index contributed by atoms with van der Waals surface area (Å²) in [5.74, 6) is 2.90. The molecule has 2 fully saturated rings. The standard InChI is InChI=1S/C26H28N12O/c1-34-11-12-35(10-7-23(34)39)21-5-4-19-26(33-21)38(25(31-19)18-3-2-8-30-24(18)28)37-15-13-36(14-16-37)22-6-9-29-20(17-27)32-22/h2-6,8-9H,7,10-16H2,1H3,(H2,28,30). The van der Waals surface area contributed by atoms with Gasteiger partial charge in [-0.2, -0.15) is 5.26 Å². The zero-order chi connectivity index (χ0) is 26.9. The predicted molar refractivity (Wildman–Crippen MR) is 147 cm³/mol. The Hall–Kier alpha value is -4.99. The number of anilines is 3. The van der Waals surface area contributed by atoms with Crippen LogP contribution < -0.4 is 20.5 Å². The number of pyridine rings is 2. The number of piperazine rings is 1. The third kappa shape index (κ3) is 4.61. The lowest BCUT2D eigenvalue weighted by Crippen LogP contribution is -2.51. The van der Waals surface area contributed by atoms with Crippen molar-refractivity contribution in [1.82, 2.24) is 34.5 Å². The number of likely N-dealkylation sites (N-methyl/N-ethyl adjacent to an activating group) is 1. The van der Waals surface area contributed by atoms with Gasteiger partial charge in [0.05, 0.1) is 18.7 Å². The Morgan fingerprint density at radius 1 is 0.872 bits per heavy atom. The van der Waals surface area contributed by atoms with Gasteiger partial charge in [0.15, 0.2) is 11.5 Å². The molecule has 0 saturated carbocycles. The van der Waals surface area contributed by atoms with Crippen molar-refractivity contribution in [2.24, 2.45) is 0 Å². The second kappa shape index (κ2) is 10.1. The van der Waals surface area contributed by atoms with E-state index in [1.165, 1.54) is 0 Å². The van der Waals surface area contributed by atoms with E-state index in [4.69, 9.17) is 15.7 Å². The van der Waals surface area contributed by atoms with Crippen molar-refractivity contribution >= 4 is 34.5 Å². The highest BCUT2D eigenvalue weighted by Crippen LogP contribution is 2.29. The van der Waals surface area contributed by atoms with Crippen LogP contribution in [0.1, 0.15) is 12.2 Å². The number of nitrogen functional groups attached to an aromatic ring is 1. The molecular formula is C26H28N12O. The highest BCUT2D eigenvalue weighted by Gasteiger charge is 2.26. The number of fused-ring (bicyclic) bond motifs is 1. The number of amides is 1. The van der Waals surface area contributed by atoms with Crippen LogP contribution in [-0.2, 0) is 4.79 Å². The van der Waals surface area contributed by atoms with Crippen LogP contribution in [0.4, 0.5) is 17.5 Å². The number of carbonyl (C=O) groups excluding carboxylic acids is 1. The number of nitriles is 1. The molecule has 0 radical (unpaired) electrons. The molecule has 13 nitrogen and oxygen atoms in total. The Labute approximate surface area is 225 Å². The van der Waals surface area contributed by atoms with Crippen LogP contribution >= 0.6 is 0 Å². The molecular weight excluding hydrogens is 496 g/mol. The van der Waals surface area contributed by atoms with Crippen molar-refractivity contribution in [3.8, 4) is 17.5 Å². The summed E-state index contributed by atoms with van der Waals surface area (Å²) in [6.45, 7) is 4.67. The van der Waals surface area contributed by atoms with E-state index in [1.54, 1.807) is 17.3 Å². The molecule has 13 heteroatoms. The maximum atomic E-state index is 12.2. The SMILES string of the molecule is CN1CCN(c2ccc3nc(-c4cccnc4N)n(N4CCN(c5ccnc(C#N)n5)CC4)c3n2)CCC1=O.